The normalized spacial score (nSPS) is 11.4. The highest BCUT2D eigenvalue weighted by molar-refractivity contribution is 7.80. The Morgan fingerprint density at radius 3 is 1.30 bits per heavy atom. The van der Waals surface area contributed by atoms with Gasteiger partial charge in [-0.25, -0.2) is 0 Å². The van der Waals surface area contributed by atoms with Crippen LogP contribution in [0, 0.1) is 0 Å². The number of anilines is 2. The summed E-state index contributed by atoms with van der Waals surface area (Å²) in [6, 6.07) is 32.8. The van der Waals surface area contributed by atoms with E-state index in [-0.39, 0.29) is 10.8 Å². The summed E-state index contributed by atoms with van der Waals surface area (Å²) in [6.45, 7) is 15.5. The molecule has 4 N–H and O–H groups in total. The first-order chi connectivity index (χ1) is 22.4. The van der Waals surface area contributed by atoms with Crippen LogP contribution in [0.25, 0.3) is 0 Å². The molecular formula is C39H48N4O2S2. The fourth-order valence-electron chi connectivity index (χ4n) is 4.90. The minimum atomic E-state index is -0.00536. The Labute approximate surface area is 291 Å². The van der Waals surface area contributed by atoms with Gasteiger partial charge in [-0.15, -0.1) is 0 Å². The van der Waals surface area contributed by atoms with Crippen LogP contribution in [0.5, 0.6) is 11.5 Å². The monoisotopic (exact) mass is 668 g/mol. The molecule has 6 nitrogen and oxygen atoms in total. The van der Waals surface area contributed by atoms with Gasteiger partial charge in [0.25, 0.3) is 0 Å². The number of ether oxygens (including phenoxy) is 2. The summed E-state index contributed by atoms with van der Waals surface area (Å²) >= 11 is 10.9. The molecule has 0 aliphatic rings. The van der Waals surface area contributed by atoms with E-state index in [9.17, 15) is 0 Å². The standard InChI is InChI=1S/C39H48N4O2S2/c1-38(2,3)30-17-19-34(44-23-21-40-36(46)42-32-13-9-7-10-14-32)28(26-30)25-29-27-31(39(4,5)6)18-20-35(29)45-24-22-41-37(47)43-33-15-11-8-12-16-33/h7-20,26-27H,21-25H2,1-6H3,(H2,40,42,46)(H2,41,43,47). The quantitative estimate of drug-likeness (QED) is 0.0885. The Balaban J connectivity index is 1.46. The maximum absolute atomic E-state index is 6.37. The van der Waals surface area contributed by atoms with Crippen LogP contribution in [0.2, 0.25) is 0 Å². The van der Waals surface area contributed by atoms with Crippen molar-refractivity contribution in [3.05, 3.63) is 119 Å². The second-order valence-electron chi connectivity index (χ2n) is 13.5. The lowest BCUT2D eigenvalue weighted by Crippen LogP contribution is -2.32. The van der Waals surface area contributed by atoms with E-state index in [2.05, 4.69) is 99.2 Å². The topological polar surface area (TPSA) is 66.6 Å². The number of hydrogen-bond acceptors (Lipinski definition) is 4. The van der Waals surface area contributed by atoms with Gasteiger partial charge in [0.15, 0.2) is 10.2 Å². The lowest BCUT2D eigenvalue weighted by Gasteiger charge is -2.24. The first kappa shape index (κ1) is 35.7. The number of benzene rings is 4. The van der Waals surface area contributed by atoms with Crippen LogP contribution < -0.4 is 30.7 Å². The van der Waals surface area contributed by atoms with Crippen LogP contribution in [0.3, 0.4) is 0 Å². The summed E-state index contributed by atoms with van der Waals surface area (Å²) in [5.74, 6) is 1.71. The minimum absolute atomic E-state index is 0.00536. The molecule has 0 amide bonds. The molecule has 0 aliphatic carbocycles. The molecule has 0 bridgehead atoms. The highest BCUT2D eigenvalue weighted by Crippen LogP contribution is 2.34. The predicted molar refractivity (Wildman–Crippen MR) is 205 cm³/mol. The largest absolute Gasteiger partial charge is 0.491 e. The molecule has 4 rings (SSSR count). The Morgan fingerprint density at radius 2 is 0.936 bits per heavy atom. The lowest BCUT2D eigenvalue weighted by molar-refractivity contribution is 0.316. The van der Waals surface area contributed by atoms with E-state index < -0.39 is 0 Å². The van der Waals surface area contributed by atoms with Gasteiger partial charge in [-0.2, -0.15) is 0 Å². The van der Waals surface area contributed by atoms with E-state index in [1.54, 1.807) is 0 Å². The fraction of sp³-hybridized carbons (Fsp3) is 0.333. The van der Waals surface area contributed by atoms with Crippen molar-refractivity contribution in [1.82, 2.24) is 10.6 Å². The number of thiocarbonyl (C=S) groups is 2. The van der Waals surface area contributed by atoms with Crippen LogP contribution in [-0.4, -0.2) is 36.5 Å². The Morgan fingerprint density at radius 1 is 0.553 bits per heavy atom. The Bertz CT molecular complexity index is 1490. The summed E-state index contributed by atoms with van der Waals surface area (Å²) in [5.41, 5.74) is 6.62. The number of rotatable bonds is 12. The van der Waals surface area contributed by atoms with Crippen molar-refractivity contribution >= 4 is 46.0 Å². The summed E-state index contributed by atoms with van der Waals surface area (Å²) in [7, 11) is 0. The van der Waals surface area contributed by atoms with Gasteiger partial charge in [-0.3, -0.25) is 0 Å². The van der Waals surface area contributed by atoms with E-state index in [0.29, 0.717) is 42.9 Å². The fourth-order valence-corrected chi connectivity index (χ4v) is 5.34. The number of nitrogens with one attached hydrogen (secondary N) is 4. The molecule has 0 aliphatic heterocycles. The van der Waals surface area contributed by atoms with Gasteiger partial charge in [-0.1, -0.05) is 102 Å². The molecule has 248 valence electrons. The van der Waals surface area contributed by atoms with E-state index in [0.717, 1.165) is 34.0 Å². The highest BCUT2D eigenvalue weighted by atomic mass is 32.1. The van der Waals surface area contributed by atoms with Crippen molar-refractivity contribution < 1.29 is 9.47 Å². The highest BCUT2D eigenvalue weighted by Gasteiger charge is 2.20. The van der Waals surface area contributed by atoms with Gasteiger partial charge in [-0.05, 0) is 93.9 Å². The minimum Gasteiger partial charge on any atom is -0.491 e. The van der Waals surface area contributed by atoms with E-state index in [4.69, 9.17) is 33.9 Å². The van der Waals surface area contributed by atoms with E-state index >= 15 is 0 Å². The third-order valence-electron chi connectivity index (χ3n) is 7.59. The molecule has 4 aromatic carbocycles. The van der Waals surface area contributed by atoms with Crippen LogP contribution >= 0.6 is 24.4 Å². The van der Waals surface area contributed by atoms with Crippen molar-refractivity contribution in [3.8, 4) is 11.5 Å². The third-order valence-corrected chi connectivity index (χ3v) is 8.08. The molecule has 0 aromatic heterocycles. The molecule has 4 aromatic rings. The first-order valence-electron chi connectivity index (χ1n) is 16.1. The molecule has 0 radical (unpaired) electrons. The molecule has 0 fully saturated rings. The molecule has 8 heteroatoms. The summed E-state index contributed by atoms with van der Waals surface area (Å²) in [5, 5.41) is 14.0. The average Bonchev–Trinajstić information content (AvgIpc) is 3.02. The zero-order valence-electron chi connectivity index (χ0n) is 28.4. The summed E-state index contributed by atoms with van der Waals surface area (Å²) < 4.78 is 12.7. The van der Waals surface area contributed by atoms with E-state index in [1.807, 2.05) is 60.7 Å². The van der Waals surface area contributed by atoms with Gasteiger partial charge >= 0.3 is 0 Å². The molecule has 0 saturated carbocycles. The zero-order chi connectivity index (χ0) is 33.9. The van der Waals surface area contributed by atoms with Crippen molar-refractivity contribution in [1.29, 1.82) is 0 Å². The van der Waals surface area contributed by atoms with Crippen LogP contribution in [-0.2, 0) is 17.3 Å². The molecule has 0 unspecified atom stereocenters. The van der Waals surface area contributed by atoms with Crippen molar-refractivity contribution in [2.45, 2.75) is 58.8 Å². The predicted octanol–water partition coefficient (Wildman–Crippen LogP) is 8.60. The van der Waals surface area contributed by atoms with E-state index in [1.165, 1.54) is 11.1 Å². The van der Waals surface area contributed by atoms with Crippen LogP contribution in [0.4, 0.5) is 11.4 Å². The Hall–Kier alpha value is -4.14. The van der Waals surface area contributed by atoms with Crippen molar-refractivity contribution in [2.24, 2.45) is 0 Å². The second kappa shape index (κ2) is 16.6. The average molecular weight is 669 g/mol. The van der Waals surface area contributed by atoms with Gasteiger partial charge < -0.3 is 30.7 Å². The molecule has 0 spiro atoms. The molecule has 47 heavy (non-hydrogen) atoms. The van der Waals surface area contributed by atoms with Crippen molar-refractivity contribution in [2.75, 3.05) is 36.9 Å². The lowest BCUT2D eigenvalue weighted by atomic mass is 9.83. The molecule has 0 saturated heterocycles. The molecule has 0 heterocycles. The number of para-hydroxylation sites is 2. The van der Waals surface area contributed by atoms with Gasteiger partial charge in [0.05, 0.1) is 13.1 Å². The van der Waals surface area contributed by atoms with Gasteiger partial charge in [0.1, 0.15) is 24.7 Å². The third kappa shape index (κ3) is 11.6. The molecule has 0 atom stereocenters. The molecular weight excluding hydrogens is 621 g/mol. The van der Waals surface area contributed by atoms with Crippen LogP contribution in [0.15, 0.2) is 97.1 Å². The van der Waals surface area contributed by atoms with Gasteiger partial charge in [0, 0.05) is 17.8 Å². The maximum Gasteiger partial charge on any atom is 0.170 e. The second-order valence-corrected chi connectivity index (χ2v) is 14.3. The maximum atomic E-state index is 6.37. The Kier molecular flexibility index (Phi) is 12.6. The first-order valence-corrected chi connectivity index (χ1v) is 16.9. The SMILES string of the molecule is CC(C)(C)c1ccc(OCCNC(=S)Nc2ccccc2)c(Cc2cc(C(C)(C)C)ccc2OCCNC(=S)Nc2ccccc2)c1. The number of hydrogen-bond donors (Lipinski definition) is 4. The van der Waals surface area contributed by atoms with Crippen LogP contribution in [0.1, 0.15) is 63.8 Å². The zero-order valence-corrected chi connectivity index (χ0v) is 30.0. The summed E-state index contributed by atoms with van der Waals surface area (Å²) in [4.78, 5) is 0. The van der Waals surface area contributed by atoms with Gasteiger partial charge in [0.2, 0.25) is 0 Å². The van der Waals surface area contributed by atoms with Crippen molar-refractivity contribution in [3.63, 3.8) is 0 Å². The summed E-state index contributed by atoms with van der Waals surface area (Å²) in [6.07, 6.45) is 0.668. The smallest absolute Gasteiger partial charge is 0.170 e.